The summed E-state index contributed by atoms with van der Waals surface area (Å²) in [6.45, 7) is 5.45. The maximum Gasteiger partial charge on any atom is 0.305 e. The highest BCUT2D eigenvalue weighted by Crippen LogP contribution is 2.83. The zero-order valence-corrected chi connectivity index (χ0v) is 17.3. The van der Waals surface area contributed by atoms with Crippen LogP contribution in [0.3, 0.4) is 0 Å². The van der Waals surface area contributed by atoms with Crippen molar-refractivity contribution in [2.24, 2.45) is 40.9 Å². The summed E-state index contributed by atoms with van der Waals surface area (Å²) in [5.41, 5.74) is 1.07. The number of aliphatic carboxylic acids is 1. The molecule has 5 rings (SSSR count). The van der Waals surface area contributed by atoms with Crippen molar-refractivity contribution >= 4 is 11.9 Å². The highest BCUT2D eigenvalue weighted by molar-refractivity contribution is 5.96. The lowest BCUT2D eigenvalue weighted by molar-refractivity contribution is -0.225. The van der Waals surface area contributed by atoms with E-state index >= 15 is 0 Å². The fourth-order valence-corrected chi connectivity index (χ4v) is 7.18. The molecular weight excluding hydrogens is 370 g/mol. The largest absolute Gasteiger partial charge is 0.481 e. The first-order valence-corrected chi connectivity index (χ1v) is 11.1. The molecule has 0 aromatic carbocycles. The van der Waals surface area contributed by atoms with Crippen LogP contribution in [0.15, 0.2) is 6.20 Å². The van der Waals surface area contributed by atoms with Gasteiger partial charge < -0.3 is 15.2 Å². The van der Waals surface area contributed by atoms with E-state index in [1.165, 1.54) is 36.6 Å². The van der Waals surface area contributed by atoms with Crippen LogP contribution < -0.4 is 10.1 Å². The Morgan fingerprint density at radius 3 is 2.86 bits per heavy atom. The van der Waals surface area contributed by atoms with Gasteiger partial charge in [-0.15, -0.1) is 0 Å². The number of carbonyl (C=O) groups excluding carboxylic acids is 1. The van der Waals surface area contributed by atoms with Gasteiger partial charge in [-0.2, -0.15) is 5.10 Å². The van der Waals surface area contributed by atoms with E-state index < -0.39 is 5.97 Å². The minimum absolute atomic E-state index is 0.0589. The van der Waals surface area contributed by atoms with Gasteiger partial charge in [-0.25, -0.2) is 4.68 Å². The number of fused-ring (bicyclic) bond motifs is 1. The third kappa shape index (κ3) is 2.80. The van der Waals surface area contributed by atoms with Crippen molar-refractivity contribution in [3.63, 3.8) is 0 Å². The molecule has 1 aromatic heterocycles. The lowest BCUT2D eigenvalue weighted by atomic mass is 9.34. The van der Waals surface area contributed by atoms with Gasteiger partial charge in [0.05, 0.1) is 25.8 Å². The summed E-state index contributed by atoms with van der Waals surface area (Å²) < 4.78 is 7.35. The van der Waals surface area contributed by atoms with Crippen molar-refractivity contribution in [3.8, 4) is 5.88 Å². The minimum atomic E-state index is -0.898. The number of carboxylic acids is 1. The van der Waals surface area contributed by atoms with Crippen molar-refractivity contribution < 1.29 is 19.4 Å². The van der Waals surface area contributed by atoms with Gasteiger partial charge in [-0.3, -0.25) is 9.59 Å². The SMILES string of the molecule is CC(C)COc1c(C(=O)NCC2C3CC4CC5CC2C53C4)cnn1CCC(=O)O. The topological polar surface area (TPSA) is 93.5 Å². The van der Waals surface area contributed by atoms with E-state index in [2.05, 4.69) is 10.4 Å². The van der Waals surface area contributed by atoms with Crippen LogP contribution in [0.5, 0.6) is 5.88 Å². The van der Waals surface area contributed by atoms with E-state index in [1.807, 2.05) is 13.8 Å². The van der Waals surface area contributed by atoms with Crippen molar-refractivity contribution in [2.75, 3.05) is 13.2 Å². The number of carbonyl (C=O) groups is 2. The minimum Gasteiger partial charge on any atom is -0.481 e. The molecule has 6 atom stereocenters. The van der Waals surface area contributed by atoms with E-state index in [4.69, 9.17) is 9.84 Å². The van der Waals surface area contributed by atoms with Crippen molar-refractivity contribution in [1.29, 1.82) is 0 Å². The zero-order valence-electron chi connectivity index (χ0n) is 17.3. The second-order valence-corrected chi connectivity index (χ2v) is 10.1. The third-order valence-electron chi connectivity index (χ3n) is 8.19. The number of hydrogen-bond acceptors (Lipinski definition) is 4. The Hall–Kier alpha value is -2.05. The smallest absolute Gasteiger partial charge is 0.305 e. The lowest BCUT2D eigenvalue weighted by Crippen LogP contribution is -2.67. The standard InChI is InChI=1S/C22H31N3O4/c1-12(2)11-29-21-16(10-24-25(21)4-3-19(26)27)20(28)23-9-15-17-6-13-5-14-7-18(15)22(14,17)8-13/h10,12-15,17-18H,3-9,11H2,1-2H3,(H,23,28)(H,26,27). The second-order valence-electron chi connectivity index (χ2n) is 10.1. The Balaban J connectivity index is 1.24. The summed E-state index contributed by atoms with van der Waals surface area (Å²) in [4.78, 5) is 23.8. The van der Waals surface area contributed by atoms with Crippen LogP contribution in [-0.4, -0.2) is 39.9 Å². The van der Waals surface area contributed by atoms with E-state index in [-0.39, 0.29) is 18.9 Å². The molecule has 7 heteroatoms. The van der Waals surface area contributed by atoms with E-state index in [1.54, 1.807) is 0 Å². The maximum atomic E-state index is 12.9. The normalized spacial score (nSPS) is 35.8. The molecule has 7 nitrogen and oxygen atoms in total. The first-order valence-electron chi connectivity index (χ1n) is 11.1. The number of rotatable bonds is 9. The van der Waals surface area contributed by atoms with Gasteiger partial charge in [0.2, 0.25) is 5.88 Å². The average molecular weight is 402 g/mol. The van der Waals surface area contributed by atoms with Crippen LogP contribution >= 0.6 is 0 Å². The fourth-order valence-electron chi connectivity index (χ4n) is 7.18. The predicted molar refractivity (Wildman–Crippen MR) is 105 cm³/mol. The molecule has 1 aromatic rings. The van der Waals surface area contributed by atoms with Crippen molar-refractivity contribution in [3.05, 3.63) is 11.8 Å². The van der Waals surface area contributed by atoms with Gasteiger partial charge in [0.15, 0.2) is 0 Å². The number of carboxylic acid groups (broad SMARTS) is 1. The Morgan fingerprint density at radius 1 is 1.34 bits per heavy atom. The average Bonchev–Trinajstić information content (AvgIpc) is 3.31. The van der Waals surface area contributed by atoms with Gasteiger partial charge in [0.25, 0.3) is 5.91 Å². The monoisotopic (exact) mass is 401 g/mol. The molecule has 1 amide bonds. The molecule has 2 N–H and O–H groups in total. The second kappa shape index (κ2) is 6.74. The zero-order chi connectivity index (χ0) is 20.3. The predicted octanol–water partition coefficient (Wildman–Crippen LogP) is 2.80. The van der Waals surface area contributed by atoms with E-state index in [9.17, 15) is 9.59 Å². The third-order valence-corrected chi connectivity index (χ3v) is 8.19. The number of nitrogens with zero attached hydrogens (tertiary/aromatic N) is 2. The summed E-state index contributed by atoms with van der Waals surface area (Å²) in [7, 11) is 0. The Morgan fingerprint density at radius 2 is 2.14 bits per heavy atom. The number of ether oxygens (including phenoxy) is 1. The lowest BCUT2D eigenvalue weighted by Gasteiger charge is -2.71. The molecular formula is C22H31N3O4. The van der Waals surface area contributed by atoms with Crippen LogP contribution in [0.25, 0.3) is 0 Å². The van der Waals surface area contributed by atoms with Crippen LogP contribution in [0.2, 0.25) is 0 Å². The number of amides is 1. The molecule has 4 aliphatic carbocycles. The molecule has 158 valence electrons. The summed E-state index contributed by atoms with van der Waals surface area (Å²) in [5.74, 6) is 3.81. The van der Waals surface area contributed by atoms with Gasteiger partial charge >= 0.3 is 5.97 Å². The van der Waals surface area contributed by atoms with Crippen LogP contribution in [-0.2, 0) is 11.3 Å². The van der Waals surface area contributed by atoms with E-state index in [0.29, 0.717) is 35.3 Å². The first kappa shape index (κ1) is 18.9. The van der Waals surface area contributed by atoms with Gasteiger partial charge in [-0.05, 0) is 66.6 Å². The van der Waals surface area contributed by atoms with E-state index in [0.717, 1.165) is 30.2 Å². The van der Waals surface area contributed by atoms with Gasteiger partial charge in [0.1, 0.15) is 5.56 Å². The highest BCUT2D eigenvalue weighted by Gasteiger charge is 2.77. The highest BCUT2D eigenvalue weighted by atomic mass is 16.5. The Bertz CT molecular complexity index is 834. The molecule has 4 fully saturated rings. The molecule has 1 heterocycles. The van der Waals surface area contributed by atoms with Gasteiger partial charge in [0, 0.05) is 6.54 Å². The van der Waals surface area contributed by atoms with Crippen LogP contribution in [0.4, 0.5) is 0 Å². The Kier molecular flexibility index (Phi) is 4.40. The quantitative estimate of drug-likeness (QED) is 0.664. The number of aryl methyl sites for hydroxylation is 1. The fraction of sp³-hybridized carbons (Fsp3) is 0.773. The van der Waals surface area contributed by atoms with Crippen molar-refractivity contribution in [2.45, 2.75) is 52.5 Å². The molecule has 6 unspecified atom stereocenters. The summed E-state index contributed by atoms with van der Waals surface area (Å²) in [5, 5.41) is 16.3. The molecule has 29 heavy (non-hydrogen) atoms. The Labute approximate surface area is 171 Å². The summed E-state index contributed by atoms with van der Waals surface area (Å²) in [6.07, 6.45) is 7.08. The van der Waals surface area contributed by atoms with Crippen LogP contribution in [0, 0.1) is 40.9 Å². The molecule has 2 bridgehead atoms. The molecule has 0 aliphatic heterocycles. The van der Waals surface area contributed by atoms with Crippen molar-refractivity contribution in [1.82, 2.24) is 15.1 Å². The van der Waals surface area contributed by atoms with Crippen LogP contribution in [0.1, 0.15) is 56.3 Å². The molecule has 0 radical (unpaired) electrons. The first-order chi connectivity index (χ1) is 13.9. The summed E-state index contributed by atoms with van der Waals surface area (Å²) in [6, 6.07) is 0. The number of nitrogens with one attached hydrogen (secondary N) is 1. The molecule has 1 spiro atoms. The molecule has 4 aliphatic rings. The molecule has 4 saturated carbocycles. The number of aromatic nitrogens is 2. The molecule has 0 saturated heterocycles. The number of hydrogen-bond donors (Lipinski definition) is 2. The summed E-state index contributed by atoms with van der Waals surface area (Å²) >= 11 is 0. The van der Waals surface area contributed by atoms with Gasteiger partial charge in [-0.1, -0.05) is 13.8 Å². The maximum absolute atomic E-state index is 12.9.